The van der Waals surface area contributed by atoms with Crippen molar-refractivity contribution >= 4 is 17.6 Å². The van der Waals surface area contributed by atoms with Crippen LogP contribution in [0.15, 0.2) is 0 Å². The van der Waals surface area contributed by atoms with E-state index in [1.807, 2.05) is 0 Å². The van der Waals surface area contributed by atoms with Crippen LogP contribution >= 0.6 is 11.6 Å². The van der Waals surface area contributed by atoms with Crippen molar-refractivity contribution < 1.29 is 9.53 Å². The van der Waals surface area contributed by atoms with Crippen molar-refractivity contribution in [2.24, 2.45) is 0 Å². The fourth-order valence-electron chi connectivity index (χ4n) is 2.04. The van der Waals surface area contributed by atoms with Gasteiger partial charge in [-0.25, -0.2) is 9.48 Å². The van der Waals surface area contributed by atoms with Gasteiger partial charge in [0.05, 0.1) is 18.2 Å². The molecule has 0 aliphatic rings. The average molecular weight is 302 g/mol. The molecule has 5 nitrogen and oxygen atoms in total. The van der Waals surface area contributed by atoms with Crippen LogP contribution < -0.4 is 0 Å². The quantitative estimate of drug-likeness (QED) is 0.377. The van der Waals surface area contributed by atoms with E-state index in [1.165, 1.54) is 25.7 Å². The molecule has 0 bridgehead atoms. The van der Waals surface area contributed by atoms with Gasteiger partial charge in [0, 0.05) is 6.54 Å². The van der Waals surface area contributed by atoms with Gasteiger partial charge >= 0.3 is 5.97 Å². The molecule has 0 N–H and O–H groups in total. The van der Waals surface area contributed by atoms with Crippen LogP contribution in [0.4, 0.5) is 0 Å². The molecule has 0 unspecified atom stereocenters. The number of rotatable bonds is 10. The molecular weight excluding hydrogens is 278 g/mol. The normalized spacial score (nSPS) is 10.8. The maximum absolute atomic E-state index is 11.7. The molecule has 1 aromatic rings. The largest absolute Gasteiger partial charge is 0.461 e. The van der Waals surface area contributed by atoms with Crippen molar-refractivity contribution in [2.75, 3.05) is 6.61 Å². The maximum atomic E-state index is 11.7. The molecule has 0 fully saturated rings. The van der Waals surface area contributed by atoms with Gasteiger partial charge in [-0.05, 0) is 13.3 Å². The first-order valence-corrected chi connectivity index (χ1v) is 7.93. The Balaban J connectivity index is 2.48. The number of carbonyl (C=O) groups excluding carboxylic acids is 1. The van der Waals surface area contributed by atoms with Crippen molar-refractivity contribution in [2.45, 2.75) is 64.8 Å². The average Bonchev–Trinajstić information content (AvgIpc) is 2.86. The minimum Gasteiger partial charge on any atom is -0.461 e. The number of carbonyl (C=O) groups is 1. The molecule has 0 saturated carbocycles. The van der Waals surface area contributed by atoms with Crippen LogP contribution in [0.2, 0.25) is 0 Å². The van der Waals surface area contributed by atoms with Gasteiger partial charge in [-0.1, -0.05) is 44.2 Å². The van der Waals surface area contributed by atoms with Crippen molar-refractivity contribution in [3.8, 4) is 0 Å². The summed E-state index contributed by atoms with van der Waals surface area (Å²) in [5.41, 5.74) is 0.895. The summed E-state index contributed by atoms with van der Waals surface area (Å²) in [6.45, 7) is 5.05. The van der Waals surface area contributed by atoms with E-state index >= 15 is 0 Å². The second-order valence-corrected chi connectivity index (χ2v) is 5.00. The third-order valence-corrected chi connectivity index (χ3v) is 3.41. The summed E-state index contributed by atoms with van der Waals surface area (Å²) in [6.07, 6.45) is 7.26. The molecule has 0 atom stereocenters. The zero-order chi connectivity index (χ0) is 14.8. The number of halogens is 1. The molecule has 1 heterocycles. The first-order valence-electron chi connectivity index (χ1n) is 7.40. The zero-order valence-electron chi connectivity index (χ0n) is 12.4. The van der Waals surface area contributed by atoms with Gasteiger partial charge in [0.2, 0.25) is 0 Å². The molecule has 0 aromatic carbocycles. The van der Waals surface area contributed by atoms with Crippen LogP contribution in [0.1, 0.15) is 68.6 Å². The lowest BCUT2D eigenvalue weighted by Gasteiger charge is -2.05. The molecule has 0 spiro atoms. The molecule has 1 rings (SSSR count). The van der Waals surface area contributed by atoms with E-state index in [0.717, 1.165) is 19.4 Å². The number of unbranched alkanes of at least 4 members (excludes halogenated alkanes) is 5. The van der Waals surface area contributed by atoms with E-state index in [-0.39, 0.29) is 11.6 Å². The third kappa shape index (κ3) is 5.12. The molecule has 0 amide bonds. The van der Waals surface area contributed by atoms with Gasteiger partial charge in [-0.2, -0.15) is 0 Å². The predicted molar refractivity (Wildman–Crippen MR) is 78.9 cm³/mol. The highest BCUT2D eigenvalue weighted by Crippen LogP contribution is 2.12. The Hall–Kier alpha value is -1.10. The highest BCUT2D eigenvalue weighted by atomic mass is 35.5. The Labute approximate surface area is 125 Å². The summed E-state index contributed by atoms with van der Waals surface area (Å²) in [6, 6.07) is 0. The number of esters is 1. The van der Waals surface area contributed by atoms with Crippen molar-refractivity contribution in [1.82, 2.24) is 15.0 Å². The van der Waals surface area contributed by atoms with Crippen LogP contribution in [0.25, 0.3) is 0 Å². The summed E-state index contributed by atoms with van der Waals surface area (Å²) in [7, 11) is 0. The Morgan fingerprint density at radius 3 is 2.55 bits per heavy atom. The molecule has 0 radical (unpaired) electrons. The summed E-state index contributed by atoms with van der Waals surface area (Å²) in [5, 5.41) is 7.89. The van der Waals surface area contributed by atoms with E-state index in [2.05, 4.69) is 17.2 Å². The second-order valence-electron chi connectivity index (χ2n) is 4.73. The van der Waals surface area contributed by atoms with Gasteiger partial charge in [0.1, 0.15) is 0 Å². The van der Waals surface area contributed by atoms with E-state index in [9.17, 15) is 4.79 Å². The molecular formula is C14H24ClN3O2. The van der Waals surface area contributed by atoms with Crippen LogP contribution in [0.5, 0.6) is 0 Å². The summed E-state index contributed by atoms with van der Waals surface area (Å²) < 4.78 is 6.66. The second kappa shape index (κ2) is 9.75. The predicted octanol–water partition coefficient (Wildman–Crippen LogP) is 3.55. The van der Waals surface area contributed by atoms with E-state index in [4.69, 9.17) is 16.3 Å². The number of aryl methyl sites for hydroxylation is 1. The monoisotopic (exact) mass is 301 g/mol. The van der Waals surface area contributed by atoms with Crippen LogP contribution in [0, 0.1) is 0 Å². The number of ether oxygens (including phenoxy) is 1. The van der Waals surface area contributed by atoms with Crippen molar-refractivity contribution in [3.05, 3.63) is 11.4 Å². The summed E-state index contributed by atoms with van der Waals surface area (Å²) in [5.74, 6) is -0.228. The first kappa shape index (κ1) is 17.0. The third-order valence-electron chi connectivity index (χ3n) is 3.16. The number of aromatic nitrogens is 3. The Morgan fingerprint density at radius 2 is 1.90 bits per heavy atom. The highest BCUT2D eigenvalue weighted by Gasteiger charge is 2.19. The highest BCUT2D eigenvalue weighted by molar-refractivity contribution is 6.17. The molecule has 1 aromatic heterocycles. The minimum absolute atomic E-state index is 0.219. The standard InChI is InChI=1S/C14H24ClN3O2/c1-3-5-6-7-8-9-10-18-12(11-15)13(16-17-18)14(19)20-4-2/h3-11H2,1-2H3. The van der Waals surface area contributed by atoms with Crippen LogP contribution in [0.3, 0.4) is 0 Å². The fourth-order valence-corrected chi connectivity index (χ4v) is 2.31. The molecule has 0 aliphatic carbocycles. The van der Waals surface area contributed by atoms with Crippen LogP contribution in [-0.2, 0) is 17.2 Å². The fraction of sp³-hybridized carbons (Fsp3) is 0.786. The van der Waals surface area contributed by atoms with E-state index in [0.29, 0.717) is 12.3 Å². The van der Waals surface area contributed by atoms with Crippen molar-refractivity contribution in [3.63, 3.8) is 0 Å². The van der Waals surface area contributed by atoms with Crippen molar-refractivity contribution in [1.29, 1.82) is 0 Å². The Bertz CT molecular complexity index is 407. The van der Waals surface area contributed by atoms with Gasteiger partial charge in [0.25, 0.3) is 0 Å². The molecule has 0 aliphatic heterocycles. The zero-order valence-corrected chi connectivity index (χ0v) is 13.2. The van der Waals surface area contributed by atoms with Crippen LogP contribution in [-0.4, -0.2) is 27.6 Å². The smallest absolute Gasteiger partial charge is 0.360 e. The van der Waals surface area contributed by atoms with Gasteiger partial charge in [0.15, 0.2) is 5.69 Å². The lowest BCUT2D eigenvalue weighted by molar-refractivity contribution is 0.0518. The van der Waals surface area contributed by atoms with Gasteiger partial charge in [-0.3, -0.25) is 0 Å². The Kier molecular flexibility index (Phi) is 8.26. The number of hydrogen-bond acceptors (Lipinski definition) is 4. The van der Waals surface area contributed by atoms with Gasteiger partial charge in [-0.15, -0.1) is 16.7 Å². The molecule has 20 heavy (non-hydrogen) atoms. The molecule has 6 heteroatoms. The van der Waals surface area contributed by atoms with E-state index in [1.54, 1.807) is 11.6 Å². The number of alkyl halides is 1. The molecule has 0 saturated heterocycles. The molecule has 114 valence electrons. The first-order chi connectivity index (χ1) is 9.74. The lowest BCUT2D eigenvalue weighted by atomic mass is 10.1. The summed E-state index contributed by atoms with van der Waals surface area (Å²) >= 11 is 5.90. The SMILES string of the molecule is CCCCCCCCn1nnc(C(=O)OCC)c1CCl. The lowest BCUT2D eigenvalue weighted by Crippen LogP contribution is -2.10. The maximum Gasteiger partial charge on any atom is 0.360 e. The van der Waals surface area contributed by atoms with Gasteiger partial charge < -0.3 is 4.74 Å². The summed E-state index contributed by atoms with van der Waals surface area (Å²) in [4.78, 5) is 11.7. The number of nitrogens with zero attached hydrogens (tertiary/aromatic N) is 3. The topological polar surface area (TPSA) is 57.0 Å². The van der Waals surface area contributed by atoms with E-state index < -0.39 is 5.97 Å². The minimum atomic E-state index is -0.447. The number of hydrogen-bond donors (Lipinski definition) is 0. The Morgan fingerprint density at radius 1 is 1.20 bits per heavy atom.